The van der Waals surface area contributed by atoms with Crippen LogP contribution in [0.25, 0.3) is 5.52 Å². The van der Waals surface area contributed by atoms with Crippen LogP contribution in [0.2, 0.25) is 0 Å². The van der Waals surface area contributed by atoms with Gasteiger partial charge < -0.3 is 24.8 Å². The summed E-state index contributed by atoms with van der Waals surface area (Å²) in [4.78, 5) is 16.4. The van der Waals surface area contributed by atoms with Crippen LogP contribution in [0.5, 0.6) is 0 Å². The number of methoxy groups -OCH3 is 1. The molecule has 31 heavy (non-hydrogen) atoms. The van der Waals surface area contributed by atoms with Gasteiger partial charge in [0.1, 0.15) is 17.7 Å². The molecule has 1 aliphatic carbocycles. The minimum Gasteiger partial charge on any atom is -0.444 e. The minimum absolute atomic E-state index is 0.101. The lowest BCUT2D eigenvalue weighted by Gasteiger charge is -2.15. The van der Waals surface area contributed by atoms with Crippen LogP contribution in [0.1, 0.15) is 43.7 Å². The van der Waals surface area contributed by atoms with Crippen molar-refractivity contribution in [2.45, 2.75) is 50.5 Å². The molecule has 11 nitrogen and oxygen atoms in total. The Hall–Kier alpha value is -3.18. The maximum atomic E-state index is 12.0. The molecule has 1 saturated heterocycles. The number of ether oxygens (including phenoxy) is 3. The number of nitrogens with zero attached hydrogens (tertiary/aromatic N) is 4. The van der Waals surface area contributed by atoms with Crippen molar-refractivity contribution >= 4 is 23.2 Å². The number of carbonyl (C=O) groups excluding carboxylic acids is 1. The Labute approximate surface area is 178 Å². The van der Waals surface area contributed by atoms with E-state index in [1.807, 2.05) is 19.1 Å². The molecule has 3 aromatic heterocycles. The first-order valence-electron chi connectivity index (χ1n) is 10.3. The van der Waals surface area contributed by atoms with E-state index in [-0.39, 0.29) is 23.8 Å². The molecule has 5 rings (SSSR count). The Morgan fingerprint density at radius 2 is 2.29 bits per heavy atom. The second-order valence-corrected chi connectivity index (χ2v) is 8.28. The predicted molar refractivity (Wildman–Crippen MR) is 110 cm³/mol. The number of hydrogen-bond acceptors (Lipinski definition) is 8. The van der Waals surface area contributed by atoms with Gasteiger partial charge in [-0.2, -0.15) is 10.2 Å². The first kappa shape index (κ1) is 19.8. The minimum atomic E-state index is -0.381. The number of amides is 1. The number of rotatable bonds is 7. The van der Waals surface area contributed by atoms with Crippen LogP contribution in [-0.4, -0.2) is 56.2 Å². The average Bonchev–Trinajstić information content (AvgIpc) is 3.16. The molecular formula is C20H25N7O4. The van der Waals surface area contributed by atoms with Gasteiger partial charge >= 0.3 is 6.09 Å². The predicted octanol–water partition coefficient (Wildman–Crippen LogP) is 2.45. The van der Waals surface area contributed by atoms with Gasteiger partial charge in [0.15, 0.2) is 11.6 Å². The monoisotopic (exact) mass is 427 g/mol. The zero-order valence-corrected chi connectivity index (χ0v) is 17.4. The van der Waals surface area contributed by atoms with E-state index in [0.717, 1.165) is 29.7 Å². The Bertz CT molecular complexity index is 1090. The molecule has 0 unspecified atom stereocenters. The SMILES string of the molecule is COCc1cc2c(Nc3cc([C@@H]4C[C@H](OC(=O)NC5(C)CC5)CO4)[nH]n3)nccn2n1. The molecule has 2 atom stereocenters. The molecule has 0 bridgehead atoms. The maximum Gasteiger partial charge on any atom is 0.407 e. The van der Waals surface area contributed by atoms with Gasteiger partial charge in [0.05, 0.1) is 24.6 Å². The summed E-state index contributed by atoms with van der Waals surface area (Å²) in [6.45, 7) is 2.79. The van der Waals surface area contributed by atoms with Crippen molar-refractivity contribution < 1.29 is 19.0 Å². The van der Waals surface area contributed by atoms with Gasteiger partial charge in [0.2, 0.25) is 0 Å². The molecule has 11 heteroatoms. The second-order valence-electron chi connectivity index (χ2n) is 8.28. The molecule has 0 aromatic carbocycles. The van der Waals surface area contributed by atoms with E-state index < -0.39 is 0 Å². The highest BCUT2D eigenvalue weighted by atomic mass is 16.6. The van der Waals surface area contributed by atoms with Crippen molar-refractivity contribution in [2.24, 2.45) is 0 Å². The van der Waals surface area contributed by atoms with Gasteiger partial charge in [0, 0.05) is 37.5 Å². The third-order valence-electron chi connectivity index (χ3n) is 5.56. The normalized spacial score (nSPS) is 21.9. The Morgan fingerprint density at radius 3 is 3.10 bits per heavy atom. The van der Waals surface area contributed by atoms with E-state index in [1.54, 1.807) is 24.0 Å². The fourth-order valence-corrected chi connectivity index (χ4v) is 3.61. The number of fused-ring (bicyclic) bond motifs is 1. The fraction of sp³-hybridized carbons (Fsp3) is 0.500. The standard InChI is InChI=1S/C20H25N7O4/c1-20(3-4-20)23-19(28)31-13-8-16(30-11-13)14-9-17(25-24-14)22-18-15-7-12(10-29-2)26-27(15)6-5-21-18/h5-7,9,13,16H,3-4,8,10-11H2,1-2H3,(H,23,28)(H2,21,22,24,25)/t13-,16-/m0/s1. The molecule has 0 radical (unpaired) electrons. The maximum absolute atomic E-state index is 12.0. The van der Waals surface area contributed by atoms with Gasteiger partial charge in [-0.1, -0.05) is 0 Å². The van der Waals surface area contributed by atoms with Crippen molar-refractivity contribution in [1.29, 1.82) is 0 Å². The lowest BCUT2D eigenvalue weighted by atomic mass is 10.1. The fourth-order valence-electron chi connectivity index (χ4n) is 3.61. The summed E-state index contributed by atoms with van der Waals surface area (Å²) >= 11 is 0. The van der Waals surface area contributed by atoms with Gasteiger partial charge in [-0.15, -0.1) is 0 Å². The van der Waals surface area contributed by atoms with Gasteiger partial charge in [-0.05, 0) is 25.8 Å². The topological polar surface area (TPSA) is 128 Å². The van der Waals surface area contributed by atoms with Crippen LogP contribution < -0.4 is 10.6 Å². The largest absolute Gasteiger partial charge is 0.444 e. The van der Waals surface area contributed by atoms with E-state index in [9.17, 15) is 4.79 Å². The lowest BCUT2D eigenvalue weighted by Crippen LogP contribution is -2.37. The van der Waals surface area contributed by atoms with Gasteiger partial charge in [0.25, 0.3) is 0 Å². The molecule has 0 spiro atoms. The molecular weight excluding hydrogens is 402 g/mol. The second kappa shape index (κ2) is 7.82. The molecule has 1 amide bonds. The van der Waals surface area contributed by atoms with Crippen molar-refractivity contribution in [3.05, 3.63) is 35.9 Å². The smallest absolute Gasteiger partial charge is 0.407 e. The third kappa shape index (κ3) is 4.32. The Balaban J connectivity index is 1.22. The quantitative estimate of drug-likeness (QED) is 0.525. The first-order valence-corrected chi connectivity index (χ1v) is 10.3. The van der Waals surface area contributed by atoms with Crippen LogP contribution in [0.3, 0.4) is 0 Å². The highest BCUT2D eigenvalue weighted by Crippen LogP contribution is 2.35. The average molecular weight is 427 g/mol. The molecule has 3 N–H and O–H groups in total. The summed E-state index contributed by atoms with van der Waals surface area (Å²) in [7, 11) is 1.63. The van der Waals surface area contributed by atoms with Crippen molar-refractivity contribution in [1.82, 2.24) is 30.1 Å². The number of alkyl carbamates (subject to hydrolysis) is 1. The summed E-state index contributed by atoms with van der Waals surface area (Å²) in [5.41, 5.74) is 2.34. The van der Waals surface area contributed by atoms with E-state index in [1.165, 1.54) is 0 Å². The van der Waals surface area contributed by atoms with Crippen LogP contribution in [-0.2, 0) is 20.8 Å². The molecule has 1 saturated carbocycles. The highest BCUT2D eigenvalue weighted by Gasteiger charge is 2.40. The number of aromatic nitrogens is 5. The molecule has 1 aliphatic heterocycles. The van der Waals surface area contributed by atoms with Crippen LogP contribution >= 0.6 is 0 Å². The van der Waals surface area contributed by atoms with Gasteiger partial charge in [-0.3, -0.25) is 5.10 Å². The summed E-state index contributed by atoms with van der Waals surface area (Å²) in [5, 5.41) is 17.9. The van der Waals surface area contributed by atoms with Crippen LogP contribution in [0.15, 0.2) is 24.5 Å². The lowest BCUT2D eigenvalue weighted by molar-refractivity contribution is 0.0675. The Kier molecular flexibility index (Phi) is 4.98. The Morgan fingerprint density at radius 1 is 1.42 bits per heavy atom. The molecule has 164 valence electrons. The van der Waals surface area contributed by atoms with Crippen LogP contribution in [0.4, 0.5) is 16.4 Å². The van der Waals surface area contributed by atoms with E-state index in [0.29, 0.717) is 31.3 Å². The first-order chi connectivity index (χ1) is 15.0. The van der Waals surface area contributed by atoms with Crippen molar-refractivity contribution in [3.63, 3.8) is 0 Å². The van der Waals surface area contributed by atoms with E-state index >= 15 is 0 Å². The summed E-state index contributed by atoms with van der Waals surface area (Å²) in [5.74, 6) is 1.24. The molecule has 2 fully saturated rings. The zero-order chi connectivity index (χ0) is 21.4. The number of carbonyl (C=O) groups is 1. The summed E-state index contributed by atoms with van der Waals surface area (Å²) in [6.07, 6.45) is 5.12. The number of anilines is 2. The number of hydrogen-bond donors (Lipinski definition) is 3. The molecule has 2 aliphatic rings. The van der Waals surface area contributed by atoms with E-state index in [2.05, 4.69) is 30.9 Å². The van der Waals surface area contributed by atoms with E-state index in [4.69, 9.17) is 14.2 Å². The van der Waals surface area contributed by atoms with Crippen molar-refractivity contribution in [2.75, 3.05) is 19.0 Å². The number of nitrogens with one attached hydrogen (secondary N) is 3. The summed E-state index contributed by atoms with van der Waals surface area (Å²) in [6, 6.07) is 3.79. The van der Waals surface area contributed by atoms with Crippen LogP contribution in [0, 0.1) is 0 Å². The zero-order valence-electron chi connectivity index (χ0n) is 17.4. The number of aromatic amines is 1. The third-order valence-corrected chi connectivity index (χ3v) is 5.56. The van der Waals surface area contributed by atoms with Gasteiger partial charge in [-0.25, -0.2) is 14.3 Å². The van der Waals surface area contributed by atoms with Crippen molar-refractivity contribution in [3.8, 4) is 0 Å². The highest BCUT2D eigenvalue weighted by molar-refractivity contribution is 5.72. The molecule has 3 aromatic rings. The molecule has 4 heterocycles. The number of H-pyrrole nitrogens is 1. The summed E-state index contributed by atoms with van der Waals surface area (Å²) < 4.78 is 18.2.